The summed E-state index contributed by atoms with van der Waals surface area (Å²) in [6.45, 7) is 3.99. The lowest BCUT2D eigenvalue weighted by Gasteiger charge is -2.33. The predicted octanol–water partition coefficient (Wildman–Crippen LogP) is 3.17. The number of rotatable bonds is 3. The first-order valence-corrected chi connectivity index (χ1v) is 8.37. The lowest BCUT2D eigenvalue weighted by atomic mass is 9.91. The molecule has 1 amide bonds. The summed E-state index contributed by atoms with van der Waals surface area (Å²) in [6, 6.07) is 8.72. The van der Waals surface area contributed by atoms with Crippen molar-refractivity contribution in [1.82, 2.24) is 10.2 Å². The van der Waals surface area contributed by atoms with Crippen LogP contribution >= 0.6 is 12.4 Å². The van der Waals surface area contributed by atoms with E-state index >= 15 is 0 Å². The molecule has 1 aromatic carbocycles. The van der Waals surface area contributed by atoms with Gasteiger partial charge in [-0.25, -0.2) is 0 Å². The minimum Gasteiger partial charge on any atom is -0.496 e. The third-order valence-corrected chi connectivity index (χ3v) is 5.01. The van der Waals surface area contributed by atoms with Gasteiger partial charge in [0.15, 0.2) is 0 Å². The summed E-state index contributed by atoms with van der Waals surface area (Å²) in [4.78, 5) is 15.1. The number of piperidine rings is 1. The van der Waals surface area contributed by atoms with E-state index in [1.165, 1.54) is 0 Å². The highest BCUT2D eigenvalue weighted by atomic mass is 35.5. The zero-order valence-electron chi connectivity index (χ0n) is 14.0. The van der Waals surface area contributed by atoms with Crippen molar-refractivity contribution in [3.63, 3.8) is 0 Å². The number of benzene rings is 1. The molecule has 2 aliphatic heterocycles. The molecule has 128 valence electrons. The van der Waals surface area contributed by atoms with Gasteiger partial charge in [0.2, 0.25) is 5.91 Å². The number of ether oxygens (including phenoxy) is 1. The van der Waals surface area contributed by atoms with Crippen molar-refractivity contribution in [3.8, 4) is 5.75 Å². The van der Waals surface area contributed by atoms with Crippen LogP contribution in [0.3, 0.4) is 0 Å². The second-order valence-electron chi connectivity index (χ2n) is 6.51. The quantitative estimate of drug-likeness (QED) is 0.920. The first-order valence-electron chi connectivity index (χ1n) is 8.37. The Labute approximate surface area is 145 Å². The van der Waals surface area contributed by atoms with E-state index in [0.717, 1.165) is 50.1 Å². The number of carbonyl (C=O) groups is 1. The third kappa shape index (κ3) is 3.81. The number of hydrogen-bond donors (Lipinski definition) is 1. The van der Waals surface area contributed by atoms with Crippen LogP contribution in [0.5, 0.6) is 5.75 Å². The van der Waals surface area contributed by atoms with Gasteiger partial charge in [-0.05, 0) is 45.2 Å². The second kappa shape index (κ2) is 8.02. The first-order chi connectivity index (χ1) is 10.7. The molecule has 2 saturated heterocycles. The summed E-state index contributed by atoms with van der Waals surface area (Å²) in [6.07, 6.45) is 4.02. The van der Waals surface area contributed by atoms with Crippen molar-refractivity contribution in [1.29, 1.82) is 0 Å². The van der Waals surface area contributed by atoms with E-state index in [2.05, 4.69) is 23.2 Å². The number of likely N-dealkylation sites (tertiary alicyclic amines) is 1. The predicted molar refractivity (Wildman–Crippen MR) is 94.1 cm³/mol. The molecule has 0 aliphatic carbocycles. The molecule has 2 fully saturated rings. The Morgan fingerprint density at radius 1 is 1.30 bits per heavy atom. The molecule has 0 saturated carbocycles. The van der Waals surface area contributed by atoms with Crippen LogP contribution in [0.2, 0.25) is 0 Å². The molecule has 1 aromatic rings. The van der Waals surface area contributed by atoms with Gasteiger partial charge in [-0.1, -0.05) is 18.2 Å². The summed E-state index contributed by atoms with van der Waals surface area (Å²) in [7, 11) is 1.70. The molecule has 3 atom stereocenters. The fourth-order valence-corrected chi connectivity index (χ4v) is 3.89. The van der Waals surface area contributed by atoms with Gasteiger partial charge in [0.1, 0.15) is 5.75 Å². The molecule has 4 nitrogen and oxygen atoms in total. The van der Waals surface area contributed by atoms with Crippen LogP contribution in [0.4, 0.5) is 0 Å². The van der Waals surface area contributed by atoms with Crippen LogP contribution in [-0.4, -0.2) is 37.0 Å². The van der Waals surface area contributed by atoms with Gasteiger partial charge in [-0.3, -0.25) is 4.79 Å². The molecule has 23 heavy (non-hydrogen) atoms. The van der Waals surface area contributed by atoms with Gasteiger partial charge in [0, 0.05) is 24.1 Å². The Kier molecular flexibility index (Phi) is 6.31. The van der Waals surface area contributed by atoms with Crippen molar-refractivity contribution in [2.24, 2.45) is 5.92 Å². The molecular formula is C18H27ClN2O2. The Balaban J connectivity index is 0.00000192. The molecule has 0 bridgehead atoms. The largest absolute Gasteiger partial charge is 0.496 e. The number of para-hydroxylation sites is 1. The van der Waals surface area contributed by atoms with Gasteiger partial charge < -0.3 is 15.0 Å². The van der Waals surface area contributed by atoms with Crippen molar-refractivity contribution in [2.45, 2.75) is 44.7 Å². The Bertz CT molecular complexity index is 538. The highest BCUT2D eigenvalue weighted by molar-refractivity contribution is 5.85. The normalized spacial score (nSPS) is 27.4. The van der Waals surface area contributed by atoms with E-state index in [4.69, 9.17) is 4.74 Å². The van der Waals surface area contributed by atoms with Crippen LogP contribution in [0.25, 0.3) is 0 Å². The average Bonchev–Trinajstić information content (AvgIpc) is 3.03. The molecule has 1 unspecified atom stereocenters. The third-order valence-electron chi connectivity index (χ3n) is 5.01. The highest BCUT2D eigenvalue weighted by Crippen LogP contribution is 2.38. The lowest BCUT2D eigenvalue weighted by molar-refractivity contribution is -0.137. The summed E-state index contributed by atoms with van der Waals surface area (Å²) >= 11 is 0. The van der Waals surface area contributed by atoms with E-state index < -0.39 is 0 Å². The smallest absolute Gasteiger partial charge is 0.226 e. The molecule has 0 spiro atoms. The summed E-state index contributed by atoms with van der Waals surface area (Å²) in [5.74, 6) is 1.40. The van der Waals surface area contributed by atoms with Crippen LogP contribution in [0.1, 0.15) is 44.2 Å². The maximum Gasteiger partial charge on any atom is 0.226 e. The first kappa shape index (κ1) is 18.1. The monoisotopic (exact) mass is 338 g/mol. The minimum absolute atomic E-state index is 0. The van der Waals surface area contributed by atoms with Crippen molar-refractivity contribution in [2.75, 3.05) is 20.2 Å². The number of nitrogens with zero attached hydrogens (tertiary/aromatic N) is 1. The molecule has 3 rings (SSSR count). The van der Waals surface area contributed by atoms with E-state index in [0.29, 0.717) is 11.9 Å². The Hall–Kier alpha value is -1.26. The zero-order chi connectivity index (χ0) is 15.5. The maximum atomic E-state index is 13.0. The van der Waals surface area contributed by atoms with Crippen LogP contribution in [0.15, 0.2) is 24.3 Å². The molecule has 5 heteroatoms. The van der Waals surface area contributed by atoms with E-state index in [1.807, 2.05) is 18.2 Å². The molecule has 0 radical (unpaired) electrons. The molecule has 1 N–H and O–H groups in total. The second-order valence-corrected chi connectivity index (χ2v) is 6.51. The van der Waals surface area contributed by atoms with Gasteiger partial charge in [0.25, 0.3) is 0 Å². The SMILES string of the molecule is COc1ccccc1C1CCCN1C(=O)[C@H]1CCN[C@@H](C)C1.Cl. The highest BCUT2D eigenvalue weighted by Gasteiger charge is 2.36. The number of methoxy groups -OCH3 is 1. The number of halogens is 1. The van der Waals surface area contributed by atoms with Gasteiger partial charge in [-0.2, -0.15) is 0 Å². The fourth-order valence-electron chi connectivity index (χ4n) is 3.89. The average molecular weight is 339 g/mol. The minimum atomic E-state index is 0. The molecular weight excluding hydrogens is 312 g/mol. The summed E-state index contributed by atoms with van der Waals surface area (Å²) in [5, 5.41) is 3.43. The lowest BCUT2D eigenvalue weighted by Crippen LogP contribution is -2.44. The Morgan fingerprint density at radius 3 is 2.83 bits per heavy atom. The number of carbonyl (C=O) groups excluding carboxylic acids is 1. The van der Waals surface area contributed by atoms with Gasteiger partial charge in [-0.15, -0.1) is 12.4 Å². The Morgan fingerprint density at radius 2 is 2.09 bits per heavy atom. The molecule has 0 aromatic heterocycles. The number of amides is 1. The summed E-state index contributed by atoms with van der Waals surface area (Å²) in [5.41, 5.74) is 1.15. The van der Waals surface area contributed by atoms with Crippen LogP contribution in [0, 0.1) is 5.92 Å². The van der Waals surface area contributed by atoms with Crippen LogP contribution in [-0.2, 0) is 4.79 Å². The zero-order valence-corrected chi connectivity index (χ0v) is 14.8. The standard InChI is InChI=1S/C18H26N2O2.ClH/c1-13-12-14(9-10-19-13)18(21)20-11-5-7-16(20)15-6-3-4-8-17(15)22-2;/h3-4,6,8,13-14,16,19H,5,7,9-12H2,1-2H3;1H/t13-,14-,16?;/m0./s1. The van der Waals surface area contributed by atoms with E-state index in [1.54, 1.807) is 7.11 Å². The topological polar surface area (TPSA) is 41.6 Å². The number of nitrogens with one attached hydrogen (secondary N) is 1. The molecule has 2 aliphatic rings. The van der Waals surface area contributed by atoms with Crippen molar-refractivity contribution >= 4 is 18.3 Å². The van der Waals surface area contributed by atoms with Gasteiger partial charge in [0.05, 0.1) is 13.2 Å². The van der Waals surface area contributed by atoms with Crippen molar-refractivity contribution < 1.29 is 9.53 Å². The van der Waals surface area contributed by atoms with E-state index in [9.17, 15) is 4.79 Å². The van der Waals surface area contributed by atoms with Gasteiger partial charge >= 0.3 is 0 Å². The van der Waals surface area contributed by atoms with E-state index in [-0.39, 0.29) is 24.4 Å². The fraction of sp³-hybridized carbons (Fsp3) is 0.611. The summed E-state index contributed by atoms with van der Waals surface area (Å²) < 4.78 is 5.50. The van der Waals surface area contributed by atoms with Crippen molar-refractivity contribution in [3.05, 3.63) is 29.8 Å². The van der Waals surface area contributed by atoms with Crippen LogP contribution < -0.4 is 10.1 Å². The number of hydrogen-bond acceptors (Lipinski definition) is 3. The maximum absolute atomic E-state index is 13.0. The molecule has 2 heterocycles.